The van der Waals surface area contributed by atoms with Crippen LogP contribution in [0.1, 0.15) is 17.2 Å². The van der Waals surface area contributed by atoms with Gasteiger partial charge in [-0.15, -0.1) is 4.95 Å². The quantitative estimate of drug-likeness (QED) is 0.296. The molecule has 0 spiro atoms. The molecular formula is C24H15ClF3N5O. The molecule has 0 bridgehead atoms. The lowest BCUT2D eigenvalue weighted by atomic mass is 10.0. The van der Waals surface area contributed by atoms with E-state index < -0.39 is 17.8 Å². The summed E-state index contributed by atoms with van der Waals surface area (Å²) in [4.78, 5) is 8.03. The zero-order valence-electron chi connectivity index (χ0n) is 17.4. The molecule has 0 saturated carbocycles. The molecule has 1 aliphatic rings. The highest BCUT2D eigenvalue weighted by atomic mass is 35.5. The largest absolute Gasteiger partial charge is 0.457 e. The van der Waals surface area contributed by atoms with Gasteiger partial charge in [-0.05, 0) is 71.2 Å². The fourth-order valence-corrected chi connectivity index (χ4v) is 3.73. The van der Waals surface area contributed by atoms with Gasteiger partial charge in [-0.3, -0.25) is 4.90 Å². The molecule has 1 heterocycles. The van der Waals surface area contributed by atoms with Crippen molar-refractivity contribution >= 4 is 23.2 Å². The topological polar surface area (TPSA) is 36.8 Å². The second-order valence-electron chi connectivity index (χ2n) is 7.24. The van der Waals surface area contributed by atoms with E-state index in [0.717, 1.165) is 12.1 Å². The lowest BCUT2D eigenvalue weighted by Gasteiger charge is -2.24. The Labute approximate surface area is 198 Å². The minimum Gasteiger partial charge on any atom is -0.457 e. The summed E-state index contributed by atoms with van der Waals surface area (Å²) in [5, 5.41) is 5.50. The highest BCUT2D eigenvalue weighted by Gasteiger charge is 2.44. The van der Waals surface area contributed by atoms with Crippen LogP contribution in [0.5, 0.6) is 11.5 Å². The van der Waals surface area contributed by atoms with Gasteiger partial charge < -0.3 is 4.74 Å². The van der Waals surface area contributed by atoms with Crippen molar-refractivity contribution in [3.63, 3.8) is 0 Å². The van der Waals surface area contributed by atoms with E-state index in [9.17, 15) is 13.2 Å². The maximum absolute atomic E-state index is 13.3. The van der Waals surface area contributed by atoms with E-state index in [1.165, 1.54) is 11.1 Å². The fourth-order valence-electron chi connectivity index (χ4n) is 3.61. The molecule has 0 N–H and O–H groups in total. The minimum atomic E-state index is -4.51. The van der Waals surface area contributed by atoms with Crippen LogP contribution in [-0.4, -0.2) is 17.5 Å². The van der Waals surface area contributed by atoms with Crippen LogP contribution in [0.4, 0.5) is 18.9 Å². The Morgan fingerprint density at radius 2 is 1.62 bits per heavy atom. The van der Waals surface area contributed by atoms with Crippen molar-refractivity contribution in [2.24, 2.45) is 5.10 Å². The molecule has 34 heavy (non-hydrogen) atoms. The van der Waals surface area contributed by atoms with E-state index in [4.69, 9.17) is 29.5 Å². The molecule has 0 radical (unpaired) electrons. The maximum Gasteiger partial charge on any atom is 0.416 e. The van der Waals surface area contributed by atoms with Crippen molar-refractivity contribution in [1.29, 1.82) is 0 Å². The predicted octanol–water partition coefficient (Wildman–Crippen LogP) is 7.04. The van der Waals surface area contributed by atoms with E-state index in [0.29, 0.717) is 27.8 Å². The molecular weight excluding hydrogens is 467 g/mol. The number of guanidine groups is 1. The minimum absolute atomic E-state index is 0.0405. The Kier molecular flexibility index (Phi) is 6.31. The second kappa shape index (κ2) is 9.34. The average molecular weight is 482 g/mol. The van der Waals surface area contributed by atoms with Gasteiger partial charge in [0.25, 0.3) is 0 Å². The first-order valence-electron chi connectivity index (χ1n) is 9.89. The highest BCUT2D eigenvalue weighted by molar-refractivity contribution is 6.30. The molecule has 3 aromatic carbocycles. The van der Waals surface area contributed by atoms with Crippen molar-refractivity contribution in [2.75, 3.05) is 11.4 Å². The molecule has 4 rings (SSSR count). The number of alkyl halides is 3. The SMILES string of the molecule is [C-]#[N+]/N=C1\N([N+]#[C-])C[C@H](c2cccc(C(F)(F)F)c2)N1c1ccc(Oc2ccc(Cl)cc2)cc1. The summed E-state index contributed by atoms with van der Waals surface area (Å²) in [5.74, 6) is 1.14. The zero-order chi connectivity index (χ0) is 24.3. The van der Waals surface area contributed by atoms with Crippen molar-refractivity contribution in [3.8, 4) is 11.5 Å². The zero-order valence-corrected chi connectivity index (χ0v) is 18.1. The van der Waals surface area contributed by atoms with Gasteiger partial charge in [-0.2, -0.15) is 31.3 Å². The summed E-state index contributed by atoms with van der Waals surface area (Å²) in [7, 11) is 0. The Hall–Kier alpha value is -4.21. The van der Waals surface area contributed by atoms with Crippen LogP contribution in [0.2, 0.25) is 5.02 Å². The molecule has 1 atom stereocenters. The molecule has 1 saturated heterocycles. The lowest BCUT2D eigenvalue weighted by Crippen LogP contribution is -2.31. The van der Waals surface area contributed by atoms with Crippen LogP contribution in [0.15, 0.2) is 77.9 Å². The highest BCUT2D eigenvalue weighted by Crippen LogP contribution is 2.38. The number of halogens is 4. The number of rotatable bonds is 4. The monoisotopic (exact) mass is 481 g/mol. The smallest absolute Gasteiger partial charge is 0.416 e. The average Bonchev–Trinajstić information content (AvgIpc) is 3.19. The van der Waals surface area contributed by atoms with Crippen LogP contribution in [-0.2, 0) is 6.18 Å². The molecule has 0 aromatic heterocycles. The fraction of sp³-hybridized carbons (Fsp3) is 0.125. The summed E-state index contributed by atoms with van der Waals surface area (Å²) in [6.07, 6.45) is -4.51. The van der Waals surface area contributed by atoms with Crippen LogP contribution in [0.25, 0.3) is 9.91 Å². The Morgan fingerprint density at radius 3 is 2.21 bits per heavy atom. The molecule has 0 amide bonds. The number of nitrogens with zero attached hydrogens (tertiary/aromatic N) is 5. The lowest BCUT2D eigenvalue weighted by molar-refractivity contribution is -0.137. The van der Waals surface area contributed by atoms with Crippen LogP contribution in [0, 0.1) is 13.1 Å². The Bertz CT molecular complexity index is 1290. The molecule has 10 heteroatoms. The summed E-state index contributed by atoms with van der Waals surface area (Å²) < 4.78 is 45.7. The van der Waals surface area contributed by atoms with Gasteiger partial charge in [-0.1, -0.05) is 23.7 Å². The molecule has 170 valence electrons. The third kappa shape index (κ3) is 4.75. The number of benzene rings is 3. The molecule has 6 nitrogen and oxygen atoms in total. The van der Waals surface area contributed by atoms with Crippen molar-refractivity contribution in [3.05, 3.63) is 112 Å². The van der Waals surface area contributed by atoms with Gasteiger partial charge in [0, 0.05) is 10.7 Å². The van der Waals surface area contributed by atoms with Crippen molar-refractivity contribution in [1.82, 2.24) is 5.01 Å². The van der Waals surface area contributed by atoms with E-state index in [-0.39, 0.29) is 12.5 Å². The predicted molar refractivity (Wildman–Crippen MR) is 122 cm³/mol. The molecule has 3 aromatic rings. The van der Waals surface area contributed by atoms with Gasteiger partial charge in [-0.25, -0.2) is 0 Å². The van der Waals surface area contributed by atoms with Crippen LogP contribution < -0.4 is 9.64 Å². The van der Waals surface area contributed by atoms with Gasteiger partial charge in [0.2, 0.25) is 0 Å². The number of hydrogen-bond donors (Lipinski definition) is 0. The standard InChI is InChI=1S/C24H15ClF3N5O/c1-29-31-23-32(30-2)15-22(16-4-3-5-17(14-16)24(26,27)28)33(23)19-8-12-21(13-9-19)34-20-10-6-18(25)7-11-20/h3-14,22H,15H2/b31-23+/t22-/m1/s1. The van der Waals surface area contributed by atoms with E-state index in [1.54, 1.807) is 59.5 Å². The van der Waals surface area contributed by atoms with Gasteiger partial charge in [0.1, 0.15) is 23.1 Å². The van der Waals surface area contributed by atoms with Gasteiger partial charge >= 0.3 is 12.1 Å². The molecule has 0 aliphatic carbocycles. The first kappa shape index (κ1) is 23.0. The van der Waals surface area contributed by atoms with E-state index in [1.807, 2.05) is 0 Å². The number of anilines is 1. The number of ether oxygens (including phenoxy) is 1. The summed E-state index contributed by atoms with van der Waals surface area (Å²) in [6, 6.07) is 17.8. The first-order valence-corrected chi connectivity index (χ1v) is 10.3. The summed E-state index contributed by atoms with van der Waals surface area (Å²) in [5.41, 5.74) is 0.0983. The van der Waals surface area contributed by atoms with Crippen LogP contribution in [0.3, 0.4) is 0 Å². The Balaban J connectivity index is 1.70. The number of hydrogen-bond acceptors (Lipinski definition) is 2. The normalized spacial score (nSPS) is 16.9. The summed E-state index contributed by atoms with van der Waals surface area (Å²) >= 11 is 5.89. The van der Waals surface area contributed by atoms with Crippen LogP contribution >= 0.6 is 11.6 Å². The molecule has 0 unspecified atom stereocenters. The second-order valence-corrected chi connectivity index (χ2v) is 7.68. The molecule has 1 aliphatic heterocycles. The van der Waals surface area contributed by atoms with E-state index in [2.05, 4.69) is 15.0 Å². The third-order valence-corrected chi connectivity index (χ3v) is 5.38. The van der Waals surface area contributed by atoms with Crippen molar-refractivity contribution < 1.29 is 17.9 Å². The maximum atomic E-state index is 13.3. The van der Waals surface area contributed by atoms with Gasteiger partial charge in [0.05, 0.1) is 11.6 Å². The Morgan fingerprint density at radius 1 is 0.971 bits per heavy atom. The summed E-state index contributed by atoms with van der Waals surface area (Å²) in [6.45, 7) is 14.7. The third-order valence-electron chi connectivity index (χ3n) is 5.13. The van der Waals surface area contributed by atoms with Gasteiger partial charge in [0.15, 0.2) is 0 Å². The van der Waals surface area contributed by atoms with E-state index >= 15 is 0 Å². The van der Waals surface area contributed by atoms with Crippen molar-refractivity contribution in [2.45, 2.75) is 12.2 Å². The molecule has 1 fully saturated rings. The first-order chi connectivity index (χ1) is 16.3.